The second-order valence-corrected chi connectivity index (χ2v) is 6.45. The van der Waals surface area contributed by atoms with Crippen molar-refractivity contribution >= 4 is 0 Å². The van der Waals surface area contributed by atoms with Crippen molar-refractivity contribution in [3.05, 3.63) is 22.8 Å². The van der Waals surface area contributed by atoms with Crippen molar-refractivity contribution in [2.45, 2.75) is 66.2 Å². The van der Waals surface area contributed by atoms with E-state index < -0.39 is 0 Å². The number of hydrogen-bond acceptors (Lipinski definition) is 1. The van der Waals surface area contributed by atoms with Gasteiger partial charge in [0.2, 0.25) is 0 Å². The Morgan fingerprint density at radius 2 is 1.50 bits per heavy atom. The maximum atomic E-state index is 2.53. The van der Waals surface area contributed by atoms with Gasteiger partial charge >= 0.3 is 0 Å². The van der Waals surface area contributed by atoms with Crippen molar-refractivity contribution < 1.29 is 0 Å². The van der Waals surface area contributed by atoms with Gasteiger partial charge in [0.1, 0.15) is 0 Å². The lowest BCUT2D eigenvalue weighted by molar-refractivity contribution is 0.411. The molecule has 20 heavy (non-hydrogen) atoms. The summed E-state index contributed by atoms with van der Waals surface area (Å²) >= 11 is 0. The molecule has 116 valence electrons. The van der Waals surface area contributed by atoms with E-state index in [-0.39, 0.29) is 0 Å². The molecule has 1 nitrogen and oxygen atoms in total. The van der Waals surface area contributed by atoms with Gasteiger partial charge in [-0.25, -0.2) is 0 Å². The molecular formula is C19H35N. The Bertz CT molecular complexity index is 341. The summed E-state index contributed by atoms with van der Waals surface area (Å²) in [5, 5.41) is 0. The summed E-state index contributed by atoms with van der Waals surface area (Å²) < 4.78 is 0. The van der Waals surface area contributed by atoms with Crippen molar-refractivity contribution in [2.75, 3.05) is 20.6 Å². The van der Waals surface area contributed by atoms with E-state index in [4.69, 9.17) is 0 Å². The first-order chi connectivity index (χ1) is 9.58. The molecular weight excluding hydrogens is 242 g/mol. The minimum absolute atomic E-state index is 0.779. The zero-order chi connectivity index (χ0) is 15.1. The van der Waals surface area contributed by atoms with E-state index in [0.717, 1.165) is 11.8 Å². The van der Waals surface area contributed by atoms with Crippen molar-refractivity contribution in [3.63, 3.8) is 0 Å². The number of rotatable bonds is 9. The van der Waals surface area contributed by atoms with E-state index in [1.807, 2.05) is 0 Å². The summed E-state index contributed by atoms with van der Waals surface area (Å²) in [4.78, 5) is 2.31. The van der Waals surface area contributed by atoms with Gasteiger partial charge in [-0.3, -0.25) is 0 Å². The van der Waals surface area contributed by atoms with E-state index in [1.54, 1.807) is 16.7 Å². The molecule has 0 spiro atoms. The molecule has 0 aliphatic heterocycles. The monoisotopic (exact) mass is 277 g/mol. The molecule has 0 unspecified atom stereocenters. The van der Waals surface area contributed by atoms with Crippen LogP contribution in [0.25, 0.3) is 0 Å². The number of nitrogens with zero attached hydrogens (tertiary/aromatic N) is 1. The number of allylic oxidation sites excluding steroid dienone is 3. The van der Waals surface area contributed by atoms with Gasteiger partial charge in [0.15, 0.2) is 0 Å². The third-order valence-electron chi connectivity index (χ3n) is 4.96. The van der Waals surface area contributed by atoms with Crippen molar-refractivity contribution in [1.82, 2.24) is 4.90 Å². The fourth-order valence-electron chi connectivity index (χ4n) is 3.63. The van der Waals surface area contributed by atoms with E-state index in [2.05, 4.69) is 52.8 Å². The summed E-state index contributed by atoms with van der Waals surface area (Å²) in [6.07, 6.45) is 10.1. The van der Waals surface area contributed by atoms with Gasteiger partial charge in [-0.15, -0.1) is 0 Å². The van der Waals surface area contributed by atoms with Crippen LogP contribution in [-0.2, 0) is 0 Å². The molecule has 0 aromatic heterocycles. The minimum atomic E-state index is 0.779. The Morgan fingerprint density at radius 3 is 1.95 bits per heavy atom. The molecule has 1 heteroatoms. The number of hydrogen-bond donors (Lipinski definition) is 0. The highest BCUT2D eigenvalue weighted by molar-refractivity contribution is 5.45. The van der Waals surface area contributed by atoms with Crippen LogP contribution < -0.4 is 0 Å². The van der Waals surface area contributed by atoms with Crippen molar-refractivity contribution in [3.8, 4) is 0 Å². The van der Waals surface area contributed by atoms with Crippen molar-refractivity contribution in [2.24, 2.45) is 11.8 Å². The molecule has 0 aromatic rings. The van der Waals surface area contributed by atoms with E-state index in [0.29, 0.717) is 0 Å². The van der Waals surface area contributed by atoms with E-state index in [1.165, 1.54) is 45.1 Å². The SMILES string of the molecule is CCC(CC)C1=C(C(CC)CC)C(CCN(C)C)=CC1. The average molecular weight is 277 g/mol. The third-order valence-corrected chi connectivity index (χ3v) is 4.96. The van der Waals surface area contributed by atoms with Crippen LogP contribution in [0.5, 0.6) is 0 Å². The van der Waals surface area contributed by atoms with Gasteiger partial charge in [-0.2, -0.15) is 0 Å². The first-order valence-electron chi connectivity index (χ1n) is 8.65. The van der Waals surface area contributed by atoms with Crippen LogP contribution in [0.1, 0.15) is 66.2 Å². The lowest BCUT2D eigenvalue weighted by Crippen LogP contribution is -2.16. The summed E-state index contributed by atoms with van der Waals surface area (Å²) in [6, 6.07) is 0. The maximum absolute atomic E-state index is 2.53. The molecule has 1 rings (SSSR count). The molecule has 0 amide bonds. The zero-order valence-electron chi connectivity index (χ0n) is 14.6. The Morgan fingerprint density at radius 1 is 0.950 bits per heavy atom. The second kappa shape index (κ2) is 8.67. The summed E-state index contributed by atoms with van der Waals surface area (Å²) in [5.74, 6) is 1.58. The van der Waals surface area contributed by atoms with Gasteiger partial charge in [-0.1, -0.05) is 39.3 Å². The van der Waals surface area contributed by atoms with Crippen LogP contribution in [0, 0.1) is 11.8 Å². The van der Waals surface area contributed by atoms with E-state index >= 15 is 0 Å². The molecule has 0 aromatic carbocycles. The van der Waals surface area contributed by atoms with Gasteiger partial charge in [0.05, 0.1) is 0 Å². The van der Waals surface area contributed by atoms with Crippen molar-refractivity contribution in [1.29, 1.82) is 0 Å². The fraction of sp³-hybridized carbons (Fsp3) is 0.789. The summed E-state index contributed by atoms with van der Waals surface area (Å²) in [7, 11) is 4.36. The Balaban J connectivity index is 3.01. The summed E-state index contributed by atoms with van der Waals surface area (Å²) in [6.45, 7) is 10.6. The fourth-order valence-corrected chi connectivity index (χ4v) is 3.63. The minimum Gasteiger partial charge on any atom is -0.309 e. The normalized spacial score (nSPS) is 15.9. The quantitative estimate of drug-likeness (QED) is 0.542. The van der Waals surface area contributed by atoms with Crippen LogP contribution in [0.3, 0.4) is 0 Å². The van der Waals surface area contributed by atoms with Crippen LogP contribution >= 0.6 is 0 Å². The Hall–Kier alpha value is -0.560. The van der Waals surface area contributed by atoms with Crippen LogP contribution in [0.15, 0.2) is 22.8 Å². The van der Waals surface area contributed by atoms with E-state index in [9.17, 15) is 0 Å². The average Bonchev–Trinajstić information content (AvgIpc) is 2.84. The first kappa shape index (κ1) is 17.5. The van der Waals surface area contributed by atoms with Crippen LogP contribution in [-0.4, -0.2) is 25.5 Å². The summed E-state index contributed by atoms with van der Waals surface area (Å²) in [5.41, 5.74) is 5.19. The highest BCUT2D eigenvalue weighted by atomic mass is 15.0. The molecule has 0 atom stereocenters. The molecule has 0 N–H and O–H groups in total. The molecule has 0 fully saturated rings. The largest absolute Gasteiger partial charge is 0.309 e. The first-order valence-corrected chi connectivity index (χ1v) is 8.65. The zero-order valence-corrected chi connectivity index (χ0v) is 14.6. The molecule has 0 bridgehead atoms. The van der Waals surface area contributed by atoms with Gasteiger partial charge in [-0.05, 0) is 75.6 Å². The lowest BCUT2D eigenvalue weighted by Gasteiger charge is -2.25. The Kier molecular flexibility index (Phi) is 7.58. The third kappa shape index (κ3) is 4.22. The highest BCUT2D eigenvalue weighted by Gasteiger charge is 2.26. The standard InChI is InChI=1S/C19H35N/c1-7-15(8-2)18-12-11-17(13-14-20(5)6)19(18)16(9-3)10-4/h11,15-16H,7-10,12-14H2,1-6H3. The topological polar surface area (TPSA) is 3.24 Å². The molecule has 0 saturated carbocycles. The molecule has 0 saturated heterocycles. The predicted octanol–water partition coefficient (Wildman–Crippen LogP) is 5.44. The van der Waals surface area contributed by atoms with Gasteiger partial charge in [0.25, 0.3) is 0 Å². The maximum Gasteiger partial charge on any atom is 0.00157 e. The highest BCUT2D eigenvalue weighted by Crippen LogP contribution is 2.41. The predicted molar refractivity (Wildman–Crippen MR) is 91.0 cm³/mol. The van der Waals surface area contributed by atoms with Crippen LogP contribution in [0.4, 0.5) is 0 Å². The van der Waals surface area contributed by atoms with Gasteiger partial charge in [0, 0.05) is 6.54 Å². The second-order valence-electron chi connectivity index (χ2n) is 6.45. The molecule has 0 radical (unpaired) electrons. The lowest BCUT2D eigenvalue weighted by atomic mass is 9.81. The molecule has 0 heterocycles. The smallest absolute Gasteiger partial charge is 0.00157 e. The van der Waals surface area contributed by atoms with Crippen LogP contribution in [0.2, 0.25) is 0 Å². The molecule has 1 aliphatic carbocycles. The molecule has 1 aliphatic rings. The van der Waals surface area contributed by atoms with Gasteiger partial charge < -0.3 is 4.90 Å². The Labute approximate surface area is 127 Å².